The Morgan fingerprint density at radius 2 is 0.788 bits per heavy atom. The smallest absolute Gasteiger partial charge is 0.463 e. The van der Waals surface area contributed by atoms with Crippen LogP contribution in [0.25, 0.3) is 0 Å². The first kappa shape index (κ1) is 90.4. The normalized spacial score (nSPS) is 27.7. The van der Waals surface area contributed by atoms with Gasteiger partial charge in [-0.1, -0.05) is 250 Å². The number of hydrogen-bond acceptors (Lipinski definition) is 23. The van der Waals surface area contributed by atoms with Crippen LogP contribution in [-0.4, -0.2) is 204 Å². The molecule has 0 aromatic rings. The van der Waals surface area contributed by atoms with Crippen molar-refractivity contribution in [1.82, 2.24) is 0 Å². The van der Waals surface area contributed by atoms with Gasteiger partial charge in [0.1, 0.15) is 98.7 Å². The molecule has 0 bridgehead atoms. The third-order valence-corrected chi connectivity index (χ3v) is 19.7. The second-order valence-corrected chi connectivity index (χ2v) is 28.8. The predicted octanol–water partition coefficient (Wildman–Crippen LogP) is 10.7. The van der Waals surface area contributed by atoms with Crippen LogP contribution in [0.5, 0.6) is 0 Å². The van der Waals surface area contributed by atoms with Gasteiger partial charge in [0, 0.05) is 18.9 Å². The van der Waals surface area contributed by atoms with Crippen molar-refractivity contribution in [2.24, 2.45) is 0 Å². The zero-order valence-corrected chi connectivity index (χ0v) is 61.2. The van der Waals surface area contributed by atoms with Crippen LogP contribution in [0.4, 0.5) is 0 Å². The zero-order valence-electron chi connectivity index (χ0n) is 60.3. The van der Waals surface area contributed by atoms with Gasteiger partial charge in [0.2, 0.25) is 0 Å². The molecule has 0 spiro atoms. The number of allylic oxidation sites excluding steroid dienone is 5. The molecule has 3 fully saturated rings. The van der Waals surface area contributed by atoms with Crippen LogP contribution >= 0.6 is 7.82 Å². The Labute approximate surface area is 591 Å². The van der Waals surface area contributed by atoms with Crippen LogP contribution in [0.15, 0.2) is 36.5 Å². The third kappa shape index (κ3) is 38.7. The molecule has 2 aliphatic heterocycles. The number of hydrogen-bond donors (Lipinski definition) is 11. The molecule has 0 radical (unpaired) electrons. The maximum absolute atomic E-state index is 14.3. The molecule has 3 rings (SSSR count). The molecule has 1 saturated carbocycles. The Bertz CT molecular complexity index is 2190. The third-order valence-electron chi connectivity index (χ3n) is 18.7. The lowest BCUT2D eigenvalue weighted by atomic mass is 9.84. The van der Waals surface area contributed by atoms with E-state index in [4.69, 9.17) is 42.2 Å². The molecule has 0 amide bonds. The topological polar surface area (TPSA) is 374 Å². The summed E-state index contributed by atoms with van der Waals surface area (Å²) in [5.41, 5.74) is 0. The fourth-order valence-corrected chi connectivity index (χ4v) is 13.5. The average molecular weight is 1440 g/mol. The van der Waals surface area contributed by atoms with Gasteiger partial charge in [-0.05, 0) is 51.4 Å². The summed E-state index contributed by atoms with van der Waals surface area (Å²) in [6.07, 6.45) is 18.4. The van der Waals surface area contributed by atoms with Gasteiger partial charge in [0.15, 0.2) is 18.7 Å². The molecule has 99 heavy (non-hydrogen) atoms. The molecule has 2 heterocycles. The minimum absolute atomic E-state index is 0.0200. The number of rotatable bonds is 59. The van der Waals surface area contributed by atoms with Gasteiger partial charge in [-0.25, -0.2) is 9.36 Å². The molecule has 2 saturated heterocycles. The Hall–Kier alpha value is -2.82. The first-order valence-electron chi connectivity index (χ1n) is 38.3. The first-order chi connectivity index (χ1) is 47.8. The molecule has 578 valence electrons. The van der Waals surface area contributed by atoms with Crippen molar-refractivity contribution in [2.45, 2.75) is 388 Å². The van der Waals surface area contributed by atoms with Crippen molar-refractivity contribution < 1.29 is 117 Å². The van der Waals surface area contributed by atoms with Gasteiger partial charge in [-0.2, -0.15) is 0 Å². The summed E-state index contributed by atoms with van der Waals surface area (Å²) in [5, 5.41) is 110. The van der Waals surface area contributed by atoms with E-state index in [1.807, 2.05) is 6.08 Å². The van der Waals surface area contributed by atoms with Gasteiger partial charge >= 0.3 is 25.7 Å². The van der Waals surface area contributed by atoms with E-state index in [0.717, 1.165) is 115 Å². The monoisotopic (exact) mass is 1440 g/mol. The van der Waals surface area contributed by atoms with Crippen molar-refractivity contribution >= 4 is 25.7 Å². The lowest BCUT2D eigenvalue weighted by Crippen LogP contribution is -2.69. The number of ether oxygens (including phenoxy) is 7. The van der Waals surface area contributed by atoms with Crippen molar-refractivity contribution in [3.05, 3.63) is 36.5 Å². The quantitative estimate of drug-likeness (QED) is 0.00512. The highest BCUT2D eigenvalue weighted by Crippen LogP contribution is 2.49. The lowest BCUT2D eigenvalue weighted by Gasteiger charge is -2.49. The van der Waals surface area contributed by atoms with Gasteiger partial charge in [0.25, 0.3) is 0 Å². The number of carbonyl (C=O) groups excluding carboxylic acids is 3. The van der Waals surface area contributed by atoms with Crippen molar-refractivity contribution in [2.75, 3.05) is 26.4 Å². The highest BCUT2D eigenvalue weighted by atomic mass is 31.2. The van der Waals surface area contributed by atoms with Crippen molar-refractivity contribution in [3.63, 3.8) is 0 Å². The van der Waals surface area contributed by atoms with Crippen LogP contribution in [0.2, 0.25) is 0 Å². The fraction of sp³-hybridized carbons (Fsp3) is 0.878. The van der Waals surface area contributed by atoms with E-state index in [1.165, 1.54) is 134 Å². The van der Waals surface area contributed by atoms with Crippen molar-refractivity contribution in [3.8, 4) is 0 Å². The first-order valence-corrected chi connectivity index (χ1v) is 39.8. The summed E-state index contributed by atoms with van der Waals surface area (Å²) in [6.45, 7) is 3.32. The van der Waals surface area contributed by atoms with Gasteiger partial charge < -0.3 is 89.1 Å². The number of phosphoric acid groups is 1. The molecular weight excluding hydrogens is 1300 g/mol. The Kier molecular flexibility index (Phi) is 50.8. The SMILES string of the molecule is CCCCCC/C=C\CCCCCCCCCC(=O)OCC1OC(OC2C(O)C(O)C(O)C(OC3OC(CO)C(O)C(O)C3O)C2OP(=O)(O)OCC(COC(=O)/C=C/C=C/CCCCCCCCCCCCC)OC(=O)CCCCCCCCCCCCCCCC)C(O)C(O)C1O. The summed E-state index contributed by atoms with van der Waals surface area (Å²) in [7, 11) is -5.72. The summed E-state index contributed by atoms with van der Waals surface area (Å²) in [4.78, 5) is 50.9. The Morgan fingerprint density at radius 3 is 1.23 bits per heavy atom. The molecule has 24 nitrogen and oxygen atoms in total. The van der Waals surface area contributed by atoms with Crippen LogP contribution in [0.3, 0.4) is 0 Å². The number of unbranched alkanes of at least 4 members (excludes halogenated alkanes) is 35. The standard InChI is InChI=1S/C74H133O24P/c1-4-7-10-13-16-19-22-25-28-31-33-36-39-42-45-48-58(76)90-52-55(93-60(78)50-47-44-41-38-35-30-27-24-21-18-15-12-9-6-3)53-92-99(88,89)98-72-70(96-73-68(86)63(81)61(79)56(51-75)94-73)66(84)65(83)67(85)71(72)97-74-69(87)64(82)62(80)57(95-74)54-91-59(77)49-46-43-40-37-34-32-29-26-23-20-17-14-11-8-5-2/h20,23,39,42,45,48,55-57,61-75,79-87H,4-19,21-22,24-38,40-41,43-44,46-47,49-54H2,1-3H3,(H,88,89)/b23-20-,42-39+,48-45+. The largest absolute Gasteiger partial charge is 0.472 e. The maximum Gasteiger partial charge on any atom is 0.472 e. The maximum atomic E-state index is 14.3. The lowest BCUT2D eigenvalue weighted by molar-refractivity contribution is -0.360. The average Bonchev–Trinajstić information content (AvgIpc) is 0.762. The van der Waals surface area contributed by atoms with E-state index in [1.54, 1.807) is 6.08 Å². The summed E-state index contributed by atoms with van der Waals surface area (Å²) < 4.78 is 64.8. The summed E-state index contributed by atoms with van der Waals surface area (Å²) in [5.74, 6) is -2.25. The molecule has 18 atom stereocenters. The fourth-order valence-electron chi connectivity index (χ4n) is 12.5. The minimum Gasteiger partial charge on any atom is -0.463 e. The number of esters is 3. The van der Waals surface area contributed by atoms with E-state index >= 15 is 0 Å². The van der Waals surface area contributed by atoms with Gasteiger partial charge in [-0.15, -0.1) is 0 Å². The van der Waals surface area contributed by atoms with E-state index in [-0.39, 0.29) is 12.8 Å². The zero-order chi connectivity index (χ0) is 72.5. The highest BCUT2D eigenvalue weighted by molar-refractivity contribution is 7.47. The van der Waals surface area contributed by atoms with E-state index in [9.17, 15) is 74.9 Å². The minimum atomic E-state index is -5.72. The number of aliphatic hydroxyl groups excluding tert-OH is 10. The molecule has 18 unspecified atom stereocenters. The summed E-state index contributed by atoms with van der Waals surface area (Å²) >= 11 is 0. The van der Waals surface area contributed by atoms with E-state index in [0.29, 0.717) is 12.8 Å². The van der Waals surface area contributed by atoms with E-state index < -0.39 is 156 Å². The van der Waals surface area contributed by atoms with Crippen LogP contribution in [0.1, 0.15) is 284 Å². The Morgan fingerprint density at radius 1 is 0.414 bits per heavy atom. The van der Waals surface area contributed by atoms with Crippen LogP contribution in [0, 0.1) is 0 Å². The van der Waals surface area contributed by atoms with E-state index in [2.05, 4.69) is 32.9 Å². The Balaban J connectivity index is 1.74. The molecule has 25 heteroatoms. The number of carbonyl (C=O) groups is 3. The molecule has 1 aliphatic carbocycles. The van der Waals surface area contributed by atoms with Crippen molar-refractivity contribution in [1.29, 1.82) is 0 Å². The predicted molar refractivity (Wildman–Crippen MR) is 374 cm³/mol. The molecular formula is C74H133O24P. The molecule has 0 aromatic carbocycles. The second-order valence-electron chi connectivity index (χ2n) is 27.4. The molecule has 0 aromatic heterocycles. The number of phosphoric ester groups is 1. The van der Waals surface area contributed by atoms with Gasteiger partial charge in [-0.3, -0.25) is 18.6 Å². The van der Waals surface area contributed by atoms with Gasteiger partial charge in [0.05, 0.1) is 13.2 Å². The van der Waals surface area contributed by atoms with Crippen LogP contribution in [-0.2, 0) is 61.2 Å². The van der Waals surface area contributed by atoms with Crippen LogP contribution < -0.4 is 0 Å². The summed E-state index contributed by atoms with van der Waals surface area (Å²) in [6, 6.07) is 0. The molecule has 3 aliphatic rings. The molecule has 11 N–H and O–H groups in total. The number of aliphatic hydroxyl groups is 10. The highest BCUT2D eigenvalue weighted by Gasteiger charge is 2.58. The second kappa shape index (κ2) is 55.6.